The Kier molecular flexibility index (Phi) is 13.5. The predicted octanol–water partition coefficient (Wildman–Crippen LogP) is 3.71. The average molecular weight is 661 g/mol. The molecule has 2 amide bonds. The number of hydrogen-bond acceptors (Lipinski definition) is 8. The molecule has 3 atom stereocenters. The second kappa shape index (κ2) is 16.9. The summed E-state index contributed by atoms with van der Waals surface area (Å²) in [5.74, 6) is -1.06. The van der Waals surface area contributed by atoms with Crippen molar-refractivity contribution in [1.82, 2.24) is 15.6 Å². The molecule has 8 N–H and O–H groups in total. The third-order valence-corrected chi connectivity index (χ3v) is 8.97. The van der Waals surface area contributed by atoms with Crippen molar-refractivity contribution >= 4 is 40.3 Å². The van der Waals surface area contributed by atoms with Gasteiger partial charge in [-0.3, -0.25) is 19.4 Å². The van der Waals surface area contributed by atoms with Crippen molar-refractivity contribution in [1.29, 1.82) is 0 Å². The quantitative estimate of drug-likeness (QED) is 0.137. The molecule has 2 aromatic carbocycles. The van der Waals surface area contributed by atoms with E-state index in [0.717, 1.165) is 35.9 Å². The third kappa shape index (κ3) is 11.1. The number of rotatable bonds is 17. The van der Waals surface area contributed by atoms with Gasteiger partial charge < -0.3 is 27.8 Å². The second-order valence-electron chi connectivity index (χ2n) is 11.8. The van der Waals surface area contributed by atoms with E-state index >= 15 is 0 Å². The van der Waals surface area contributed by atoms with Gasteiger partial charge in [-0.05, 0) is 92.3 Å². The van der Waals surface area contributed by atoms with Crippen LogP contribution < -0.4 is 27.8 Å². The minimum atomic E-state index is -4.52. The molecule has 250 valence electrons. The number of nitrogens with zero attached hydrogens (tertiary/aromatic N) is 1. The number of alkyl halides is 3. The summed E-state index contributed by atoms with van der Waals surface area (Å²) in [5.41, 5.74) is 18.2. The van der Waals surface area contributed by atoms with Crippen LogP contribution in [0.5, 0.6) is 0 Å². The van der Waals surface area contributed by atoms with Crippen molar-refractivity contribution < 1.29 is 27.6 Å². The fourth-order valence-corrected chi connectivity index (χ4v) is 6.30. The van der Waals surface area contributed by atoms with E-state index in [-0.39, 0.29) is 24.0 Å². The Labute approximate surface area is 271 Å². The lowest BCUT2D eigenvalue weighted by Crippen LogP contribution is -2.53. The van der Waals surface area contributed by atoms with E-state index in [1.54, 1.807) is 6.20 Å². The average Bonchev–Trinajstić information content (AvgIpc) is 3.00. The van der Waals surface area contributed by atoms with Crippen LogP contribution in [-0.4, -0.2) is 58.9 Å². The zero-order chi connectivity index (χ0) is 33.9. The first-order chi connectivity index (χ1) is 21.7. The van der Waals surface area contributed by atoms with Crippen LogP contribution in [0.4, 0.5) is 13.2 Å². The Bertz CT molecular complexity index is 1460. The van der Waals surface area contributed by atoms with Gasteiger partial charge in [-0.15, -0.1) is 11.8 Å². The van der Waals surface area contributed by atoms with Gasteiger partial charge in [0.1, 0.15) is 0 Å². The van der Waals surface area contributed by atoms with Crippen molar-refractivity contribution in [2.75, 3.05) is 18.8 Å². The number of carbonyl (C=O) groups excluding carboxylic acids is 3. The van der Waals surface area contributed by atoms with Crippen molar-refractivity contribution in [2.24, 2.45) is 22.6 Å². The van der Waals surface area contributed by atoms with Crippen LogP contribution in [0.15, 0.2) is 60.8 Å². The topological polar surface area (TPSA) is 166 Å². The number of pyridine rings is 1. The number of ketones is 1. The molecule has 1 aromatic heterocycles. The SMILES string of the molecule is C[C@H](N)C(=O)NC(SCCC(C)(CCN)CCN)C(=O)N[C@H](Cc1ccc(C(F)(F)F)cc1)C(=O)Cc1cnc2ccccc2c1. The summed E-state index contributed by atoms with van der Waals surface area (Å²) in [7, 11) is 0. The van der Waals surface area contributed by atoms with Crippen molar-refractivity contribution in [3.63, 3.8) is 0 Å². The van der Waals surface area contributed by atoms with Crippen molar-refractivity contribution in [3.05, 3.63) is 77.5 Å². The summed E-state index contributed by atoms with van der Waals surface area (Å²) < 4.78 is 39.5. The molecule has 0 spiro atoms. The van der Waals surface area contributed by atoms with Gasteiger partial charge in [0.2, 0.25) is 5.91 Å². The number of nitrogens with one attached hydrogen (secondary N) is 2. The Balaban J connectivity index is 1.85. The number of halogens is 3. The molecule has 46 heavy (non-hydrogen) atoms. The molecule has 3 rings (SSSR count). The van der Waals surface area contributed by atoms with Crippen LogP contribution in [0, 0.1) is 5.41 Å². The number of thioether (sulfide) groups is 1. The molecule has 1 unspecified atom stereocenters. The number of para-hydroxylation sites is 1. The van der Waals surface area contributed by atoms with Gasteiger partial charge in [-0.2, -0.15) is 13.2 Å². The normalized spacial score (nSPS) is 14.0. The second-order valence-corrected chi connectivity index (χ2v) is 13.0. The molecular weight excluding hydrogens is 617 g/mol. The van der Waals surface area contributed by atoms with E-state index in [2.05, 4.69) is 22.5 Å². The fraction of sp³-hybridized carbons (Fsp3) is 0.455. The summed E-state index contributed by atoms with van der Waals surface area (Å²) in [6.45, 7) is 4.52. The van der Waals surface area contributed by atoms with Gasteiger partial charge in [0.15, 0.2) is 11.2 Å². The van der Waals surface area contributed by atoms with E-state index in [4.69, 9.17) is 17.2 Å². The van der Waals surface area contributed by atoms with E-state index in [9.17, 15) is 27.6 Å². The van der Waals surface area contributed by atoms with Gasteiger partial charge in [0.25, 0.3) is 5.91 Å². The van der Waals surface area contributed by atoms with Crippen LogP contribution in [-0.2, 0) is 33.4 Å². The van der Waals surface area contributed by atoms with E-state index in [0.29, 0.717) is 36.4 Å². The predicted molar refractivity (Wildman–Crippen MR) is 176 cm³/mol. The number of benzene rings is 2. The molecule has 0 radical (unpaired) electrons. The van der Waals surface area contributed by atoms with Gasteiger partial charge in [-0.1, -0.05) is 37.3 Å². The monoisotopic (exact) mass is 660 g/mol. The molecule has 1 heterocycles. The highest BCUT2D eigenvalue weighted by Gasteiger charge is 2.32. The Hall–Kier alpha value is -3.52. The Morgan fingerprint density at radius 2 is 1.57 bits per heavy atom. The minimum absolute atomic E-state index is 0.0621. The summed E-state index contributed by atoms with van der Waals surface area (Å²) in [6, 6.07) is 11.7. The summed E-state index contributed by atoms with van der Waals surface area (Å²) in [6.07, 6.45) is -0.927. The zero-order valence-corrected chi connectivity index (χ0v) is 26.9. The molecule has 3 aromatic rings. The van der Waals surface area contributed by atoms with Gasteiger partial charge in [0, 0.05) is 18.0 Å². The highest BCUT2D eigenvalue weighted by molar-refractivity contribution is 8.00. The Morgan fingerprint density at radius 3 is 2.17 bits per heavy atom. The Morgan fingerprint density at radius 1 is 0.913 bits per heavy atom. The van der Waals surface area contributed by atoms with Crippen LogP contribution in [0.2, 0.25) is 0 Å². The molecule has 0 aliphatic carbocycles. The number of nitrogens with two attached hydrogens (primary N) is 3. The molecule has 0 bridgehead atoms. The van der Waals surface area contributed by atoms with Crippen LogP contribution in [0.1, 0.15) is 49.8 Å². The first-order valence-corrected chi connectivity index (χ1v) is 16.2. The molecular formula is C33H43F3N6O3S. The minimum Gasteiger partial charge on any atom is -0.343 e. The smallest absolute Gasteiger partial charge is 0.343 e. The summed E-state index contributed by atoms with van der Waals surface area (Å²) in [4.78, 5) is 44.4. The van der Waals surface area contributed by atoms with Crippen molar-refractivity contribution in [2.45, 2.75) is 69.6 Å². The number of fused-ring (bicyclic) bond motifs is 1. The lowest BCUT2D eigenvalue weighted by atomic mass is 9.81. The first kappa shape index (κ1) is 36.9. The van der Waals surface area contributed by atoms with Gasteiger partial charge in [0.05, 0.1) is 23.2 Å². The zero-order valence-electron chi connectivity index (χ0n) is 26.1. The van der Waals surface area contributed by atoms with E-state index in [1.807, 2.05) is 30.3 Å². The van der Waals surface area contributed by atoms with Gasteiger partial charge >= 0.3 is 6.18 Å². The molecule has 0 saturated carbocycles. The van der Waals surface area contributed by atoms with Crippen LogP contribution in [0.3, 0.4) is 0 Å². The fourth-order valence-electron chi connectivity index (χ4n) is 5.03. The highest BCUT2D eigenvalue weighted by atomic mass is 32.2. The maximum absolute atomic E-state index is 13.7. The van der Waals surface area contributed by atoms with Gasteiger partial charge in [-0.25, -0.2) is 0 Å². The maximum Gasteiger partial charge on any atom is 0.416 e. The molecule has 0 fully saturated rings. The number of amides is 2. The molecule has 13 heteroatoms. The lowest BCUT2D eigenvalue weighted by molar-refractivity contribution is -0.137. The number of aromatic nitrogens is 1. The third-order valence-electron chi connectivity index (χ3n) is 7.86. The van der Waals surface area contributed by atoms with Crippen LogP contribution in [0.25, 0.3) is 10.9 Å². The molecule has 0 aliphatic heterocycles. The van der Waals surface area contributed by atoms with E-state index in [1.165, 1.54) is 30.8 Å². The number of carbonyl (C=O) groups is 3. The molecule has 0 aliphatic rings. The number of Topliss-reactive ketones (excluding diaryl/α,β-unsaturated/α-hetero) is 1. The van der Waals surface area contributed by atoms with Crippen LogP contribution >= 0.6 is 11.8 Å². The first-order valence-electron chi connectivity index (χ1n) is 15.2. The summed E-state index contributed by atoms with van der Waals surface area (Å²) in [5, 5.41) is 5.18. The maximum atomic E-state index is 13.7. The lowest BCUT2D eigenvalue weighted by Gasteiger charge is -2.30. The largest absolute Gasteiger partial charge is 0.416 e. The molecule has 9 nitrogen and oxygen atoms in total. The molecule has 0 saturated heterocycles. The standard InChI is InChI=1S/C33H43F3N6O3S/c1-21(39)29(44)42-31(46-16-13-32(2,11-14-37)12-15-38)30(45)41-27(18-22-7-9-25(10-8-22)33(34,35)36)28(43)19-23-17-24-5-3-4-6-26(24)40-20-23/h3-10,17,20-21,27,31H,11-16,18-19,37-39H2,1-2H3,(H,41,45)(H,42,44)/t21-,27+,31?/m0/s1. The summed E-state index contributed by atoms with van der Waals surface area (Å²) >= 11 is 1.20. The number of hydrogen-bond donors (Lipinski definition) is 5. The highest BCUT2D eigenvalue weighted by Crippen LogP contribution is 2.32. The van der Waals surface area contributed by atoms with Crippen molar-refractivity contribution in [3.8, 4) is 0 Å². The van der Waals surface area contributed by atoms with E-state index < -0.39 is 41.0 Å².